The summed E-state index contributed by atoms with van der Waals surface area (Å²) in [4.78, 5) is 0. The zero-order valence-electron chi connectivity index (χ0n) is 15.8. The van der Waals surface area contributed by atoms with Gasteiger partial charge >= 0.3 is 0 Å². The SMILES string of the molecule is C#Cc1cccc(C#Cc2cccc(CO[Si](C)(C)C(C)(C)C)c2)c1. The molecule has 0 saturated heterocycles. The minimum absolute atomic E-state index is 0.215. The number of terminal acetylenes is 1. The van der Waals surface area contributed by atoms with Crippen molar-refractivity contribution in [1.82, 2.24) is 0 Å². The highest BCUT2D eigenvalue weighted by Gasteiger charge is 2.36. The highest BCUT2D eigenvalue weighted by molar-refractivity contribution is 6.74. The first-order valence-corrected chi connectivity index (χ1v) is 11.4. The fraction of sp³-hybridized carbons (Fsp3) is 0.304. The molecule has 0 radical (unpaired) electrons. The molecule has 0 fully saturated rings. The van der Waals surface area contributed by atoms with Crippen LogP contribution in [-0.2, 0) is 11.0 Å². The Morgan fingerprint density at radius 1 is 0.920 bits per heavy atom. The minimum Gasteiger partial charge on any atom is -0.413 e. The smallest absolute Gasteiger partial charge is 0.192 e. The second-order valence-electron chi connectivity index (χ2n) is 7.72. The molecule has 2 aromatic rings. The van der Waals surface area contributed by atoms with Crippen LogP contribution in [0.3, 0.4) is 0 Å². The maximum atomic E-state index is 6.30. The van der Waals surface area contributed by atoms with Crippen molar-refractivity contribution in [1.29, 1.82) is 0 Å². The monoisotopic (exact) mass is 346 g/mol. The first-order valence-electron chi connectivity index (χ1n) is 8.53. The second kappa shape index (κ2) is 7.75. The van der Waals surface area contributed by atoms with E-state index in [0.29, 0.717) is 6.61 Å². The first kappa shape index (κ1) is 19.1. The fourth-order valence-electron chi connectivity index (χ4n) is 2.05. The molecular weight excluding hydrogens is 320 g/mol. The van der Waals surface area contributed by atoms with Crippen molar-refractivity contribution in [3.05, 3.63) is 70.8 Å². The summed E-state index contributed by atoms with van der Waals surface area (Å²) in [7, 11) is -1.74. The predicted molar refractivity (Wildman–Crippen MR) is 109 cm³/mol. The molecule has 0 amide bonds. The van der Waals surface area contributed by atoms with Gasteiger partial charge in [-0.25, -0.2) is 0 Å². The van der Waals surface area contributed by atoms with E-state index in [1.807, 2.05) is 36.4 Å². The molecule has 0 N–H and O–H groups in total. The van der Waals surface area contributed by atoms with Crippen LogP contribution in [0.4, 0.5) is 0 Å². The molecule has 0 unspecified atom stereocenters. The van der Waals surface area contributed by atoms with Crippen molar-refractivity contribution >= 4 is 8.32 Å². The molecule has 0 saturated carbocycles. The minimum atomic E-state index is -1.74. The third kappa shape index (κ3) is 5.36. The summed E-state index contributed by atoms with van der Waals surface area (Å²) in [6.45, 7) is 11.9. The largest absolute Gasteiger partial charge is 0.413 e. The van der Waals surface area contributed by atoms with E-state index < -0.39 is 8.32 Å². The lowest BCUT2D eigenvalue weighted by molar-refractivity contribution is 0.276. The quantitative estimate of drug-likeness (QED) is 0.520. The lowest BCUT2D eigenvalue weighted by Gasteiger charge is -2.36. The van der Waals surface area contributed by atoms with Gasteiger partial charge in [0.25, 0.3) is 0 Å². The van der Waals surface area contributed by atoms with E-state index >= 15 is 0 Å². The van der Waals surface area contributed by atoms with Crippen LogP contribution in [0.2, 0.25) is 18.1 Å². The van der Waals surface area contributed by atoms with Crippen molar-refractivity contribution in [2.24, 2.45) is 0 Å². The molecule has 0 aliphatic rings. The summed E-state index contributed by atoms with van der Waals surface area (Å²) in [6, 6.07) is 16.0. The van der Waals surface area contributed by atoms with Crippen LogP contribution in [0.15, 0.2) is 48.5 Å². The summed E-state index contributed by atoms with van der Waals surface area (Å²) in [5.74, 6) is 9.04. The molecule has 2 aromatic carbocycles. The normalized spacial score (nSPS) is 11.4. The molecule has 0 aliphatic carbocycles. The lowest BCUT2D eigenvalue weighted by atomic mass is 10.1. The summed E-state index contributed by atoms with van der Waals surface area (Å²) in [5, 5.41) is 0.215. The van der Waals surface area contributed by atoms with E-state index in [9.17, 15) is 0 Å². The predicted octanol–water partition coefficient (Wildman–Crippen LogP) is 5.59. The Hall–Kier alpha value is -2.26. The van der Waals surface area contributed by atoms with Crippen LogP contribution >= 0.6 is 0 Å². The summed E-state index contributed by atoms with van der Waals surface area (Å²) >= 11 is 0. The van der Waals surface area contributed by atoms with Gasteiger partial charge in [0.1, 0.15) is 0 Å². The number of hydrogen-bond donors (Lipinski definition) is 0. The number of rotatable bonds is 3. The summed E-state index contributed by atoms with van der Waals surface area (Å²) in [5.41, 5.74) is 3.93. The average Bonchev–Trinajstić information content (AvgIpc) is 2.58. The fourth-order valence-corrected chi connectivity index (χ4v) is 3.01. The van der Waals surface area contributed by atoms with E-state index in [2.05, 4.69) is 63.8 Å². The maximum Gasteiger partial charge on any atom is 0.192 e. The van der Waals surface area contributed by atoms with E-state index in [4.69, 9.17) is 10.8 Å². The molecular formula is C23H26OSi. The summed E-state index contributed by atoms with van der Waals surface area (Å²) in [6.07, 6.45) is 5.44. The van der Waals surface area contributed by atoms with Crippen molar-refractivity contribution in [3.8, 4) is 24.2 Å². The zero-order chi connectivity index (χ0) is 18.5. The molecule has 2 rings (SSSR count). The van der Waals surface area contributed by atoms with Crippen molar-refractivity contribution in [3.63, 3.8) is 0 Å². The van der Waals surface area contributed by atoms with Gasteiger partial charge in [-0.2, -0.15) is 0 Å². The van der Waals surface area contributed by atoms with Gasteiger partial charge in [-0.05, 0) is 54.0 Å². The van der Waals surface area contributed by atoms with Crippen LogP contribution in [0.25, 0.3) is 0 Å². The van der Waals surface area contributed by atoms with Crippen LogP contribution in [0, 0.1) is 24.2 Å². The Morgan fingerprint density at radius 3 is 2.08 bits per heavy atom. The van der Waals surface area contributed by atoms with Gasteiger partial charge in [-0.3, -0.25) is 0 Å². The third-order valence-corrected chi connectivity index (χ3v) is 9.19. The van der Waals surface area contributed by atoms with Gasteiger partial charge in [0.15, 0.2) is 8.32 Å². The van der Waals surface area contributed by atoms with Crippen molar-refractivity contribution in [2.45, 2.75) is 45.5 Å². The number of benzene rings is 2. The van der Waals surface area contributed by atoms with Crippen LogP contribution in [0.1, 0.15) is 43.0 Å². The van der Waals surface area contributed by atoms with Gasteiger partial charge in [-0.1, -0.05) is 56.7 Å². The molecule has 0 spiro atoms. The molecule has 0 aliphatic heterocycles. The van der Waals surface area contributed by atoms with Crippen LogP contribution in [-0.4, -0.2) is 8.32 Å². The van der Waals surface area contributed by atoms with Crippen molar-refractivity contribution < 1.29 is 4.43 Å². The Kier molecular flexibility index (Phi) is 5.91. The van der Waals surface area contributed by atoms with Gasteiger partial charge < -0.3 is 4.43 Å². The van der Waals surface area contributed by atoms with Crippen molar-refractivity contribution in [2.75, 3.05) is 0 Å². The molecule has 128 valence electrons. The molecule has 0 aromatic heterocycles. The highest BCUT2D eigenvalue weighted by Crippen LogP contribution is 2.37. The first-order chi connectivity index (χ1) is 11.7. The van der Waals surface area contributed by atoms with Crippen LogP contribution < -0.4 is 0 Å². The van der Waals surface area contributed by atoms with E-state index in [0.717, 1.165) is 22.3 Å². The second-order valence-corrected chi connectivity index (χ2v) is 12.5. The van der Waals surface area contributed by atoms with Crippen LogP contribution in [0.5, 0.6) is 0 Å². The maximum absolute atomic E-state index is 6.30. The molecule has 0 bridgehead atoms. The van der Waals surface area contributed by atoms with E-state index in [1.165, 1.54) is 0 Å². The average molecular weight is 347 g/mol. The Bertz CT molecular complexity index is 839. The van der Waals surface area contributed by atoms with E-state index in [1.54, 1.807) is 0 Å². The standard InChI is InChI=1S/C23H26OSi/c1-7-19-10-8-11-20(16-19)14-15-21-12-9-13-22(17-21)18-24-25(5,6)23(2,3)4/h1,8-13,16-17H,18H2,2-6H3. The molecule has 2 heteroatoms. The molecule has 25 heavy (non-hydrogen) atoms. The summed E-state index contributed by atoms with van der Waals surface area (Å²) < 4.78 is 6.30. The van der Waals surface area contributed by atoms with Gasteiger partial charge in [0.05, 0.1) is 6.61 Å². The Morgan fingerprint density at radius 2 is 1.48 bits per heavy atom. The molecule has 1 nitrogen and oxygen atoms in total. The van der Waals surface area contributed by atoms with Gasteiger partial charge in [0.2, 0.25) is 0 Å². The van der Waals surface area contributed by atoms with Gasteiger partial charge in [-0.15, -0.1) is 6.42 Å². The Balaban J connectivity index is 2.12. The van der Waals surface area contributed by atoms with Gasteiger partial charge in [0, 0.05) is 16.7 Å². The third-order valence-electron chi connectivity index (χ3n) is 4.71. The molecule has 0 atom stereocenters. The lowest BCUT2D eigenvalue weighted by Crippen LogP contribution is -2.40. The number of hydrogen-bond acceptors (Lipinski definition) is 1. The molecule has 0 heterocycles. The van der Waals surface area contributed by atoms with E-state index in [-0.39, 0.29) is 5.04 Å². The topological polar surface area (TPSA) is 9.23 Å². The zero-order valence-corrected chi connectivity index (χ0v) is 16.8. The Labute approximate surface area is 153 Å². The highest BCUT2D eigenvalue weighted by atomic mass is 28.4.